The highest BCUT2D eigenvalue weighted by Gasteiger charge is 2.32. The molecule has 2 heterocycles. The summed E-state index contributed by atoms with van der Waals surface area (Å²) in [6, 6.07) is 4.95. The van der Waals surface area contributed by atoms with Gasteiger partial charge in [0.1, 0.15) is 11.9 Å². The molecule has 130 valence electrons. The maximum absolute atomic E-state index is 14.5. The smallest absolute Gasteiger partial charge is 0.414 e. The van der Waals surface area contributed by atoms with E-state index < -0.39 is 6.09 Å². The first-order chi connectivity index (χ1) is 11.5. The van der Waals surface area contributed by atoms with Crippen LogP contribution in [0.4, 0.5) is 20.6 Å². The van der Waals surface area contributed by atoms with Gasteiger partial charge in [0.2, 0.25) is 0 Å². The Kier molecular flexibility index (Phi) is 5.45. The number of rotatable bonds is 4. The van der Waals surface area contributed by atoms with Gasteiger partial charge in [-0.15, -0.1) is 0 Å². The van der Waals surface area contributed by atoms with E-state index in [2.05, 4.69) is 5.32 Å². The second-order valence-corrected chi connectivity index (χ2v) is 7.63. The third kappa shape index (κ3) is 3.92. The van der Waals surface area contributed by atoms with Crippen LogP contribution in [0.15, 0.2) is 18.2 Å². The molecule has 0 aromatic heterocycles. The van der Waals surface area contributed by atoms with E-state index in [0.717, 1.165) is 24.6 Å². The summed E-state index contributed by atoms with van der Waals surface area (Å²) in [4.78, 5) is 16.2. The molecule has 0 spiro atoms. The zero-order valence-electron chi connectivity index (χ0n) is 13.5. The number of carbonyl (C=O) groups is 1. The van der Waals surface area contributed by atoms with Crippen LogP contribution in [0.1, 0.15) is 6.92 Å². The van der Waals surface area contributed by atoms with Crippen LogP contribution < -0.4 is 15.1 Å². The molecule has 2 fully saturated rings. The van der Waals surface area contributed by atoms with Crippen LogP contribution in [-0.4, -0.2) is 54.9 Å². The van der Waals surface area contributed by atoms with Crippen LogP contribution >= 0.6 is 24.0 Å². The Labute approximate surface area is 150 Å². The number of carbonyl (C=O) groups excluding carboxylic acids is 1. The number of cyclic esters (lactones) is 1. The topological polar surface area (TPSA) is 44.8 Å². The predicted molar refractivity (Wildman–Crippen MR) is 99.8 cm³/mol. The van der Waals surface area contributed by atoms with Crippen molar-refractivity contribution in [1.29, 1.82) is 0 Å². The van der Waals surface area contributed by atoms with Crippen molar-refractivity contribution < 1.29 is 13.9 Å². The maximum atomic E-state index is 14.5. The van der Waals surface area contributed by atoms with Crippen LogP contribution in [0.2, 0.25) is 0 Å². The van der Waals surface area contributed by atoms with Gasteiger partial charge >= 0.3 is 6.09 Å². The highest BCUT2D eigenvalue weighted by molar-refractivity contribution is 7.99. The Morgan fingerprint density at radius 3 is 2.88 bits per heavy atom. The summed E-state index contributed by atoms with van der Waals surface area (Å²) >= 11 is 6.84. The molecular formula is C16H20FN3O2S2. The fraction of sp³-hybridized carbons (Fsp3) is 0.500. The fourth-order valence-electron chi connectivity index (χ4n) is 2.82. The Bertz CT molecular complexity index is 638. The summed E-state index contributed by atoms with van der Waals surface area (Å²) in [5, 5.41) is 2.99. The monoisotopic (exact) mass is 369 g/mol. The van der Waals surface area contributed by atoms with Gasteiger partial charge in [-0.25, -0.2) is 9.18 Å². The average molecular weight is 369 g/mol. The van der Waals surface area contributed by atoms with Gasteiger partial charge in [-0.2, -0.15) is 11.8 Å². The first-order valence-electron chi connectivity index (χ1n) is 7.89. The third-order valence-corrected chi connectivity index (χ3v) is 5.13. The minimum Gasteiger partial charge on any atom is -0.442 e. The normalized spacial score (nSPS) is 20.9. The number of benzene rings is 1. The lowest BCUT2D eigenvalue weighted by molar-refractivity contribution is 0.143. The molecule has 1 N–H and O–H groups in total. The largest absolute Gasteiger partial charge is 0.442 e. The van der Waals surface area contributed by atoms with Gasteiger partial charge in [-0.3, -0.25) is 4.90 Å². The molecule has 0 saturated carbocycles. The quantitative estimate of drug-likeness (QED) is 0.824. The van der Waals surface area contributed by atoms with Gasteiger partial charge in [0.15, 0.2) is 0 Å². The second-order valence-electron chi connectivity index (χ2n) is 5.79. The second kappa shape index (κ2) is 7.57. The van der Waals surface area contributed by atoms with Crippen molar-refractivity contribution in [3.63, 3.8) is 0 Å². The predicted octanol–water partition coefficient (Wildman–Crippen LogP) is 2.64. The molecule has 0 unspecified atom stereocenters. The molecule has 2 saturated heterocycles. The number of anilines is 2. The number of thiocarbonyl (C=S) groups is 1. The van der Waals surface area contributed by atoms with E-state index in [0.29, 0.717) is 29.5 Å². The number of hydrogen-bond acceptors (Lipinski definition) is 5. The van der Waals surface area contributed by atoms with Gasteiger partial charge in [0.25, 0.3) is 0 Å². The van der Waals surface area contributed by atoms with E-state index in [1.54, 1.807) is 19.1 Å². The minimum atomic E-state index is -0.453. The molecule has 5 nitrogen and oxygen atoms in total. The lowest BCUT2D eigenvalue weighted by Crippen LogP contribution is -2.33. The van der Waals surface area contributed by atoms with Gasteiger partial charge in [-0.05, 0) is 25.1 Å². The molecule has 1 aromatic carbocycles. The summed E-state index contributed by atoms with van der Waals surface area (Å²) in [6.45, 7) is 4.31. The van der Waals surface area contributed by atoms with E-state index in [9.17, 15) is 9.18 Å². The molecule has 0 bridgehead atoms. The zero-order chi connectivity index (χ0) is 17.1. The van der Waals surface area contributed by atoms with Crippen LogP contribution in [-0.2, 0) is 4.74 Å². The van der Waals surface area contributed by atoms with Gasteiger partial charge in [0.05, 0.1) is 29.5 Å². The molecule has 24 heavy (non-hydrogen) atoms. The van der Waals surface area contributed by atoms with Crippen molar-refractivity contribution in [2.75, 3.05) is 47.5 Å². The number of amides is 1. The highest BCUT2D eigenvalue weighted by Crippen LogP contribution is 2.29. The maximum Gasteiger partial charge on any atom is 0.414 e. The van der Waals surface area contributed by atoms with E-state index in [-0.39, 0.29) is 11.9 Å². The van der Waals surface area contributed by atoms with Crippen molar-refractivity contribution in [3.05, 3.63) is 24.0 Å². The summed E-state index contributed by atoms with van der Waals surface area (Å²) in [5.41, 5.74) is 1.12. The average Bonchev–Trinajstić information content (AvgIpc) is 2.94. The molecule has 0 aliphatic carbocycles. The molecule has 3 rings (SSSR count). The van der Waals surface area contributed by atoms with Crippen LogP contribution in [0, 0.1) is 5.82 Å². The van der Waals surface area contributed by atoms with Crippen LogP contribution in [0.5, 0.6) is 0 Å². The summed E-state index contributed by atoms with van der Waals surface area (Å²) in [6.07, 6.45) is -0.748. The first kappa shape index (κ1) is 17.3. The molecule has 2 aliphatic rings. The molecule has 1 amide bonds. The summed E-state index contributed by atoms with van der Waals surface area (Å²) < 4.78 is 19.8. The molecular weight excluding hydrogens is 349 g/mol. The Morgan fingerprint density at radius 1 is 1.46 bits per heavy atom. The van der Waals surface area contributed by atoms with Crippen molar-refractivity contribution in [3.8, 4) is 0 Å². The van der Waals surface area contributed by atoms with Crippen LogP contribution in [0.25, 0.3) is 0 Å². The SMILES string of the molecule is CC(=S)NC[C@H]1CN(c2ccc(N3CCSCC3)c(F)c2)C(=O)O1. The van der Waals surface area contributed by atoms with Gasteiger partial charge in [-0.1, -0.05) is 12.2 Å². The molecule has 1 aromatic rings. The van der Waals surface area contributed by atoms with Gasteiger partial charge in [0, 0.05) is 24.6 Å². The number of halogens is 1. The Morgan fingerprint density at radius 2 is 2.21 bits per heavy atom. The van der Waals surface area contributed by atoms with Crippen molar-refractivity contribution >= 4 is 46.4 Å². The summed E-state index contributed by atoms with van der Waals surface area (Å²) in [7, 11) is 0. The lowest BCUT2D eigenvalue weighted by Gasteiger charge is -2.29. The van der Waals surface area contributed by atoms with Gasteiger partial charge < -0.3 is 15.0 Å². The lowest BCUT2D eigenvalue weighted by atomic mass is 10.2. The standard InChI is InChI=1S/C16H20FN3O2S2/c1-11(23)18-9-13-10-20(16(21)22-13)12-2-3-15(14(17)8-12)19-4-6-24-7-5-19/h2-3,8,13H,4-7,9-10H2,1H3,(H,18,23)/t13-/m0/s1. The minimum absolute atomic E-state index is 0.294. The highest BCUT2D eigenvalue weighted by atomic mass is 32.2. The molecule has 1 atom stereocenters. The Balaban J connectivity index is 1.69. The van der Waals surface area contributed by atoms with E-state index in [1.807, 2.05) is 16.7 Å². The van der Waals surface area contributed by atoms with Crippen molar-refractivity contribution in [1.82, 2.24) is 5.32 Å². The number of nitrogens with zero attached hydrogens (tertiary/aromatic N) is 2. The molecule has 0 radical (unpaired) electrons. The Hall–Kier alpha value is -1.54. The van der Waals surface area contributed by atoms with E-state index in [4.69, 9.17) is 17.0 Å². The van der Waals surface area contributed by atoms with E-state index >= 15 is 0 Å². The number of hydrogen-bond donors (Lipinski definition) is 1. The fourth-order valence-corrected chi connectivity index (χ4v) is 3.81. The first-order valence-corrected chi connectivity index (χ1v) is 9.45. The number of nitrogens with one attached hydrogen (secondary N) is 1. The number of thioether (sulfide) groups is 1. The molecule has 2 aliphatic heterocycles. The van der Waals surface area contributed by atoms with Crippen molar-refractivity contribution in [2.24, 2.45) is 0 Å². The third-order valence-electron chi connectivity index (χ3n) is 4.05. The zero-order valence-corrected chi connectivity index (χ0v) is 15.1. The molecule has 8 heteroatoms. The number of ether oxygens (including phenoxy) is 1. The van der Waals surface area contributed by atoms with Crippen LogP contribution in [0.3, 0.4) is 0 Å². The summed E-state index contributed by atoms with van der Waals surface area (Å²) in [5.74, 6) is 1.71. The van der Waals surface area contributed by atoms with E-state index in [1.165, 1.54) is 11.0 Å². The van der Waals surface area contributed by atoms with Crippen molar-refractivity contribution in [2.45, 2.75) is 13.0 Å².